The van der Waals surface area contributed by atoms with Gasteiger partial charge in [-0.05, 0) is 26.8 Å². The van der Waals surface area contributed by atoms with Crippen molar-refractivity contribution in [1.82, 2.24) is 6.15 Å². The summed E-state index contributed by atoms with van der Waals surface area (Å²) in [5.41, 5.74) is -0.419. The first kappa shape index (κ1) is 15.5. The highest BCUT2D eigenvalue weighted by Crippen LogP contribution is 2.14. The standard InChI is InChI=1S/C8H20O3Si.H3N/c1-5-8(9)12(4,10-6-2)11-7-3;/h8-9H,5-7H2,1-4H3;1H3. The molecule has 0 amide bonds. The molecule has 0 aliphatic heterocycles. The van der Waals surface area contributed by atoms with Gasteiger partial charge in [-0.15, -0.1) is 0 Å². The fraction of sp³-hybridized carbons (Fsp3) is 1.00. The number of hydrogen-bond acceptors (Lipinski definition) is 4. The third kappa shape index (κ3) is 4.73. The van der Waals surface area contributed by atoms with Crippen LogP contribution in [0.1, 0.15) is 27.2 Å². The Bertz CT molecular complexity index is 118. The van der Waals surface area contributed by atoms with Crippen LogP contribution in [0, 0.1) is 0 Å². The summed E-state index contributed by atoms with van der Waals surface area (Å²) in [6.07, 6.45) is 0.697. The lowest BCUT2D eigenvalue weighted by atomic mass is 10.5. The highest BCUT2D eigenvalue weighted by Gasteiger charge is 2.38. The van der Waals surface area contributed by atoms with Crippen molar-refractivity contribution in [2.75, 3.05) is 13.2 Å². The minimum Gasteiger partial charge on any atom is -0.393 e. The summed E-state index contributed by atoms with van der Waals surface area (Å²) >= 11 is 0. The molecule has 0 heterocycles. The van der Waals surface area contributed by atoms with Crippen LogP contribution in [-0.4, -0.2) is 32.6 Å². The molecule has 0 saturated heterocycles. The van der Waals surface area contributed by atoms with Crippen molar-refractivity contribution in [3.05, 3.63) is 0 Å². The second-order valence-electron chi connectivity index (χ2n) is 2.81. The first-order valence-corrected chi connectivity index (χ1v) is 6.96. The van der Waals surface area contributed by atoms with Gasteiger partial charge in [0.15, 0.2) is 0 Å². The van der Waals surface area contributed by atoms with Crippen molar-refractivity contribution in [3.8, 4) is 0 Å². The summed E-state index contributed by atoms with van der Waals surface area (Å²) in [6, 6.07) is 0. The summed E-state index contributed by atoms with van der Waals surface area (Å²) in [5, 5.41) is 9.65. The van der Waals surface area contributed by atoms with Crippen LogP contribution in [0.4, 0.5) is 0 Å². The molecule has 0 aliphatic carbocycles. The molecular formula is C8H23NO3Si. The van der Waals surface area contributed by atoms with Crippen LogP contribution in [0.2, 0.25) is 6.55 Å². The topological polar surface area (TPSA) is 73.7 Å². The van der Waals surface area contributed by atoms with Crippen molar-refractivity contribution >= 4 is 8.56 Å². The Morgan fingerprint density at radius 2 is 1.54 bits per heavy atom. The van der Waals surface area contributed by atoms with Gasteiger partial charge in [0.25, 0.3) is 0 Å². The molecule has 0 rings (SSSR count). The number of aliphatic hydroxyl groups excluding tert-OH is 1. The first-order valence-electron chi connectivity index (χ1n) is 4.56. The summed E-state index contributed by atoms with van der Waals surface area (Å²) in [4.78, 5) is 0. The summed E-state index contributed by atoms with van der Waals surface area (Å²) in [7, 11) is -2.30. The SMILES string of the molecule is CCO[Si](C)(OCC)C(O)CC.N. The van der Waals surface area contributed by atoms with Gasteiger partial charge in [0.1, 0.15) is 0 Å². The predicted molar refractivity (Wildman–Crippen MR) is 56.2 cm³/mol. The largest absolute Gasteiger partial charge is 0.393 e. The molecule has 0 bridgehead atoms. The smallest absolute Gasteiger partial charge is 0.364 e. The number of aliphatic hydroxyl groups is 1. The Morgan fingerprint density at radius 1 is 1.15 bits per heavy atom. The van der Waals surface area contributed by atoms with Gasteiger partial charge in [-0.1, -0.05) is 6.92 Å². The van der Waals surface area contributed by atoms with E-state index in [9.17, 15) is 5.11 Å². The van der Waals surface area contributed by atoms with Crippen LogP contribution in [-0.2, 0) is 8.85 Å². The van der Waals surface area contributed by atoms with Crippen LogP contribution >= 0.6 is 0 Å². The quantitative estimate of drug-likeness (QED) is 0.652. The zero-order valence-electron chi connectivity index (χ0n) is 9.17. The normalized spacial score (nSPS) is 13.6. The van der Waals surface area contributed by atoms with Crippen LogP contribution < -0.4 is 6.15 Å². The molecule has 0 spiro atoms. The van der Waals surface area contributed by atoms with Gasteiger partial charge < -0.3 is 20.1 Å². The molecule has 4 N–H and O–H groups in total. The average Bonchev–Trinajstić information content (AvgIpc) is 2.04. The lowest BCUT2D eigenvalue weighted by Gasteiger charge is -2.29. The molecule has 0 aromatic rings. The first-order chi connectivity index (χ1) is 5.60. The minimum absolute atomic E-state index is 0. The molecule has 5 heteroatoms. The Balaban J connectivity index is 0. The second kappa shape index (κ2) is 7.46. The van der Waals surface area contributed by atoms with Crippen LogP contribution in [0.3, 0.4) is 0 Å². The van der Waals surface area contributed by atoms with E-state index < -0.39 is 14.3 Å². The van der Waals surface area contributed by atoms with Gasteiger partial charge in [-0.3, -0.25) is 0 Å². The van der Waals surface area contributed by atoms with Crippen molar-refractivity contribution in [1.29, 1.82) is 0 Å². The van der Waals surface area contributed by atoms with E-state index in [0.717, 1.165) is 0 Å². The highest BCUT2D eigenvalue weighted by molar-refractivity contribution is 6.67. The van der Waals surface area contributed by atoms with E-state index in [1.54, 1.807) is 0 Å². The van der Waals surface area contributed by atoms with Crippen LogP contribution in [0.25, 0.3) is 0 Å². The van der Waals surface area contributed by atoms with Gasteiger partial charge in [0.2, 0.25) is 0 Å². The van der Waals surface area contributed by atoms with Crippen molar-refractivity contribution in [3.63, 3.8) is 0 Å². The maximum atomic E-state index is 9.65. The average molecular weight is 209 g/mol. The lowest BCUT2D eigenvalue weighted by molar-refractivity contribution is 0.114. The van der Waals surface area contributed by atoms with Gasteiger partial charge in [-0.25, -0.2) is 0 Å². The Hall–Kier alpha value is 0.0569. The molecule has 0 aromatic carbocycles. The Kier molecular flexibility index (Phi) is 8.91. The van der Waals surface area contributed by atoms with Crippen molar-refractivity contribution < 1.29 is 14.0 Å². The molecule has 1 atom stereocenters. The monoisotopic (exact) mass is 209 g/mol. The second-order valence-corrected chi connectivity index (χ2v) is 6.08. The van der Waals surface area contributed by atoms with E-state index in [4.69, 9.17) is 8.85 Å². The zero-order valence-corrected chi connectivity index (χ0v) is 10.2. The minimum atomic E-state index is -2.30. The van der Waals surface area contributed by atoms with Crippen LogP contribution in [0.15, 0.2) is 0 Å². The van der Waals surface area contributed by atoms with Crippen LogP contribution in [0.5, 0.6) is 0 Å². The van der Waals surface area contributed by atoms with E-state index >= 15 is 0 Å². The summed E-state index contributed by atoms with van der Waals surface area (Å²) in [5.74, 6) is 0. The van der Waals surface area contributed by atoms with Crippen molar-refractivity contribution in [2.45, 2.75) is 39.5 Å². The molecule has 0 saturated carbocycles. The highest BCUT2D eigenvalue weighted by atomic mass is 28.4. The Labute approximate surface area is 82.1 Å². The molecule has 4 nitrogen and oxygen atoms in total. The maximum absolute atomic E-state index is 9.65. The molecule has 0 aromatic heterocycles. The summed E-state index contributed by atoms with van der Waals surface area (Å²) in [6.45, 7) is 8.92. The van der Waals surface area contributed by atoms with Gasteiger partial charge in [-0.2, -0.15) is 0 Å². The predicted octanol–water partition coefficient (Wildman–Crippen LogP) is 1.60. The van der Waals surface area contributed by atoms with Gasteiger partial charge in [0.05, 0.1) is 5.73 Å². The third-order valence-corrected chi connectivity index (χ3v) is 5.20. The number of hydrogen-bond donors (Lipinski definition) is 2. The van der Waals surface area contributed by atoms with E-state index in [1.165, 1.54) is 0 Å². The maximum Gasteiger partial charge on any atom is 0.364 e. The third-order valence-electron chi connectivity index (χ3n) is 1.85. The molecule has 82 valence electrons. The Morgan fingerprint density at radius 3 is 1.77 bits per heavy atom. The van der Waals surface area contributed by atoms with E-state index in [-0.39, 0.29) is 6.15 Å². The van der Waals surface area contributed by atoms with E-state index in [0.29, 0.717) is 19.6 Å². The molecule has 0 fully saturated rings. The molecule has 0 aliphatic rings. The summed E-state index contributed by atoms with van der Waals surface area (Å²) < 4.78 is 11.0. The van der Waals surface area contributed by atoms with Crippen molar-refractivity contribution in [2.24, 2.45) is 0 Å². The molecule has 0 radical (unpaired) electrons. The molecule has 1 unspecified atom stereocenters. The fourth-order valence-electron chi connectivity index (χ4n) is 1.18. The van der Waals surface area contributed by atoms with Gasteiger partial charge in [0, 0.05) is 13.2 Å². The van der Waals surface area contributed by atoms with E-state index in [2.05, 4.69) is 0 Å². The van der Waals surface area contributed by atoms with Gasteiger partial charge >= 0.3 is 8.56 Å². The molecular weight excluding hydrogens is 186 g/mol. The lowest BCUT2D eigenvalue weighted by Crippen LogP contribution is -2.50. The fourth-order valence-corrected chi connectivity index (χ4v) is 3.53. The molecule has 13 heavy (non-hydrogen) atoms. The zero-order chi connectivity index (χ0) is 9.61. The number of rotatable bonds is 6. The van der Waals surface area contributed by atoms with E-state index in [1.807, 2.05) is 27.3 Å².